The molecule has 1 aliphatic rings. The Balaban J connectivity index is 2.36. The van der Waals surface area contributed by atoms with Crippen molar-refractivity contribution in [1.29, 1.82) is 5.26 Å². The van der Waals surface area contributed by atoms with Gasteiger partial charge in [0.05, 0.1) is 18.1 Å². The zero-order valence-corrected chi connectivity index (χ0v) is 9.11. The molecule has 0 saturated heterocycles. The smallest absolute Gasteiger partial charge is 0.0672 e. The van der Waals surface area contributed by atoms with Crippen molar-refractivity contribution < 1.29 is 5.11 Å². The molecule has 3 atom stereocenters. The van der Waals surface area contributed by atoms with Crippen molar-refractivity contribution >= 4 is 0 Å². The molecule has 0 aliphatic heterocycles. The van der Waals surface area contributed by atoms with Crippen molar-refractivity contribution in [2.45, 2.75) is 44.8 Å². The molecular weight excluding hydrogens is 176 g/mol. The second-order valence-corrected chi connectivity index (χ2v) is 4.35. The minimum absolute atomic E-state index is 0.203. The van der Waals surface area contributed by atoms with Crippen LogP contribution in [0.3, 0.4) is 0 Å². The molecule has 14 heavy (non-hydrogen) atoms. The molecule has 0 amide bonds. The first-order valence-electron chi connectivity index (χ1n) is 5.43. The Labute approximate surface area is 86.3 Å². The lowest BCUT2D eigenvalue weighted by Gasteiger charge is -2.26. The summed E-state index contributed by atoms with van der Waals surface area (Å²) in [6.45, 7) is 2.70. The number of aliphatic hydroxyl groups is 1. The van der Waals surface area contributed by atoms with Crippen molar-refractivity contribution in [2.75, 3.05) is 13.6 Å². The minimum atomic E-state index is -0.237. The molecule has 3 heteroatoms. The first-order chi connectivity index (χ1) is 6.65. The largest absolute Gasteiger partial charge is 0.393 e. The zero-order valence-electron chi connectivity index (χ0n) is 9.11. The van der Waals surface area contributed by atoms with Gasteiger partial charge >= 0.3 is 0 Å². The predicted octanol–water partition coefficient (Wildman–Crippen LogP) is 1.38. The van der Waals surface area contributed by atoms with Gasteiger partial charge in [0, 0.05) is 12.6 Å². The van der Waals surface area contributed by atoms with E-state index in [1.54, 1.807) is 0 Å². The summed E-state index contributed by atoms with van der Waals surface area (Å²) in [7, 11) is 2.06. The van der Waals surface area contributed by atoms with E-state index < -0.39 is 0 Å². The van der Waals surface area contributed by atoms with Crippen LogP contribution in [-0.2, 0) is 0 Å². The van der Waals surface area contributed by atoms with Crippen LogP contribution in [0, 0.1) is 17.2 Å². The molecule has 0 radical (unpaired) electrons. The molecule has 0 aromatic carbocycles. The van der Waals surface area contributed by atoms with Gasteiger partial charge in [0.25, 0.3) is 0 Å². The summed E-state index contributed by atoms with van der Waals surface area (Å²) in [4.78, 5) is 2.23. The molecule has 1 aliphatic carbocycles. The molecule has 0 aromatic rings. The van der Waals surface area contributed by atoms with Crippen molar-refractivity contribution in [3.63, 3.8) is 0 Å². The van der Waals surface area contributed by atoms with Crippen LogP contribution in [0.4, 0.5) is 0 Å². The number of nitrogens with zero attached hydrogens (tertiary/aromatic N) is 2. The monoisotopic (exact) mass is 196 g/mol. The molecule has 1 fully saturated rings. The molecule has 1 saturated carbocycles. The van der Waals surface area contributed by atoms with Crippen LogP contribution < -0.4 is 0 Å². The van der Waals surface area contributed by atoms with Crippen LogP contribution in [0.1, 0.15) is 32.6 Å². The molecule has 0 heterocycles. The Morgan fingerprint density at radius 3 is 2.86 bits per heavy atom. The SMILES string of the molecule is CC(O)CCN(C)C1CCCC1C#N. The highest BCUT2D eigenvalue weighted by molar-refractivity contribution is 4.96. The van der Waals surface area contributed by atoms with Crippen molar-refractivity contribution in [2.24, 2.45) is 5.92 Å². The minimum Gasteiger partial charge on any atom is -0.393 e. The summed E-state index contributed by atoms with van der Waals surface area (Å²) < 4.78 is 0. The van der Waals surface area contributed by atoms with Gasteiger partial charge in [0.1, 0.15) is 0 Å². The number of rotatable bonds is 4. The van der Waals surface area contributed by atoms with Gasteiger partial charge in [0.2, 0.25) is 0 Å². The molecule has 3 unspecified atom stereocenters. The maximum atomic E-state index is 9.18. The van der Waals surface area contributed by atoms with Crippen LogP contribution >= 0.6 is 0 Å². The maximum Gasteiger partial charge on any atom is 0.0672 e. The third-order valence-corrected chi connectivity index (χ3v) is 3.11. The van der Waals surface area contributed by atoms with Crippen LogP contribution in [-0.4, -0.2) is 35.7 Å². The fourth-order valence-corrected chi connectivity index (χ4v) is 2.17. The van der Waals surface area contributed by atoms with E-state index in [1.807, 2.05) is 6.92 Å². The second-order valence-electron chi connectivity index (χ2n) is 4.35. The molecule has 3 nitrogen and oxygen atoms in total. The Morgan fingerprint density at radius 2 is 2.29 bits per heavy atom. The third-order valence-electron chi connectivity index (χ3n) is 3.11. The predicted molar refractivity (Wildman–Crippen MR) is 55.7 cm³/mol. The fourth-order valence-electron chi connectivity index (χ4n) is 2.17. The Kier molecular flexibility index (Phi) is 4.37. The standard InChI is InChI=1S/C11H20N2O/c1-9(14)6-7-13(2)11-5-3-4-10(11)8-12/h9-11,14H,3-7H2,1-2H3. The summed E-state index contributed by atoms with van der Waals surface area (Å²) in [6.07, 6.45) is 3.90. The van der Waals surface area contributed by atoms with Crippen LogP contribution in [0.5, 0.6) is 0 Å². The van der Waals surface area contributed by atoms with Crippen molar-refractivity contribution in [3.05, 3.63) is 0 Å². The Hall–Kier alpha value is -0.590. The Bertz CT molecular complexity index is 210. The first-order valence-corrected chi connectivity index (χ1v) is 5.43. The summed E-state index contributed by atoms with van der Waals surface area (Å²) in [5.41, 5.74) is 0. The van der Waals surface area contributed by atoms with E-state index in [2.05, 4.69) is 18.0 Å². The summed E-state index contributed by atoms with van der Waals surface area (Å²) >= 11 is 0. The first kappa shape index (κ1) is 11.5. The van der Waals surface area contributed by atoms with E-state index in [9.17, 15) is 5.11 Å². The number of hydrogen-bond acceptors (Lipinski definition) is 3. The average Bonchev–Trinajstić information content (AvgIpc) is 2.61. The van der Waals surface area contributed by atoms with Gasteiger partial charge < -0.3 is 10.0 Å². The fraction of sp³-hybridized carbons (Fsp3) is 0.909. The van der Waals surface area contributed by atoms with Crippen LogP contribution in [0.2, 0.25) is 0 Å². The summed E-state index contributed by atoms with van der Waals surface area (Å²) in [5, 5.41) is 18.1. The highest BCUT2D eigenvalue weighted by atomic mass is 16.3. The highest BCUT2D eigenvalue weighted by Gasteiger charge is 2.29. The number of nitriles is 1. The molecular formula is C11H20N2O. The number of hydrogen-bond donors (Lipinski definition) is 1. The summed E-state index contributed by atoms with van der Waals surface area (Å²) in [5.74, 6) is 0.203. The van der Waals surface area contributed by atoms with Gasteiger partial charge in [0.15, 0.2) is 0 Å². The number of aliphatic hydroxyl groups excluding tert-OH is 1. The topological polar surface area (TPSA) is 47.3 Å². The zero-order chi connectivity index (χ0) is 10.6. The van der Waals surface area contributed by atoms with Crippen molar-refractivity contribution in [3.8, 4) is 6.07 Å². The van der Waals surface area contributed by atoms with E-state index in [4.69, 9.17) is 5.26 Å². The quantitative estimate of drug-likeness (QED) is 0.739. The van der Waals surface area contributed by atoms with Gasteiger partial charge in [-0.15, -0.1) is 0 Å². The van der Waals surface area contributed by atoms with Gasteiger partial charge in [-0.25, -0.2) is 0 Å². The van der Waals surface area contributed by atoms with E-state index in [1.165, 1.54) is 6.42 Å². The van der Waals surface area contributed by atoms with Gasteiger partial charge in [-0.2, -0.15) is 5.26 Å². The van der Waals surface area contributed by atoms with Gasteiger partial charge in [-0.3, -0.25) is 0 Å². The highest BCUT2D eigenvalue weighted by Crippen LogP contribution is 2.28. The Morgan fingerprint density at radius 1 is 1.57 bits per heavy atom. The lowest BCUT2D eigenvalue weighted by atomic mass is 10.0. The normalized spacial score (nSPS) is 29.1. The van der Waals surface area contributed by atoms with Crippen LogP contribution in [0.25, 0.3) is 0 Å². The lowest BCUT2D eigenvalue weighted by Crippen LogP contribution is -2.35. The maximum absolute atomic E-state index is 9.18. The third kappa shape index (κ3) is 2.97. The second kappa shape index (κ2) is 5.33. The molecule has 1 rings (SSSR count). The van der Waals surface area contributed by atoms with E-state index in [0.717, 1.165) is 25.8 Å². The van der Waals surface area contributed by atoms with Crippen LogP contribution in [0.15, 0.2) is 0 Å². The molecule has 80 valence electrons. The van der Waals surface area contributed by atoms with E-state index >= 15 is 0 Å². The molecule has 1 N–H and O–H groups in total. The van der Waals surface area contributed by atoms with E-state index in [0.29, 0.717) is 6.04 Å². The molecule has 0 spiro atoms. The van der Waals surface area contributed by atoms with Gasteiger partial charge in [-0.1, -0.05) is 6.42 Å². The average molecular weight is 196 g/mol. The lowest BCUT2D eigenvalue weighted by molar-refractivity contribution is 0.144. The van der Waals surface area contributed by atoms with E-state index in [-0.39, 0.29) is 12.0 Å². The van der Waals surface area contributed by atoms with Crippen molar-refractivity contribution in [1.82, 2.24) is 4.90 Å². The molecule has 0 bridgehead atoms. The van der Waals surface area contributed by atoms with Gasteiger partial charge in [-0.05, 0) is 33.2 Å². The molecule has 0 aromatic heterocycles. The summed E-state index contributed by atoms with van der Waals surface area (Å²) in [6, 6.07) is 2.79.